The maximum absolute atomic E-state index is 12.2. The topological polar surface area (TPSA) is 79.1 Å². The molecule has 144 valence electrons. The third-order valence-corrected chi connectivity index (χ3v) is 4.09. The molecule has 0 aliphatic heterocycles. The van der Waals surface area contributed by atoms with Crippen molar-refractivity contribution in [1.29, 1.82) is 0 Å². The van der Waals surface area contributed by atoms with Gasteiger partial charge in [0.25, 0.3) is 5.56 Å². The van der Waals surface area contributed by atoms with Gasteiger partial charge in [-0.15, -0.1) is 0 Å². The Bertz CT molecular complexity index is 1080. The zero-order valence-corrected chi connectivity index (χ0v) is 15.8. The van der Waals surface area contributed by atoms with Gasteiger partial charge in [0, 0.05) is 24.4 Å². The van der Waals surface area contributed by atoms with E-state index < -0.39 is 5.97 Å². The minimum Gasteiger partial charge on any atom is -0.497 e. The number of methoxy groups -OCH3 is 2. The number of hydrogen-bond acceptors (Lipinski definition) is 6. The van der Waals surface area contributed by atoms with Crippen LogP contribution in [0.1, 0.15) is 16.8 Å². The van der Waals surface area contributed by atoms with Gasteiger partial charge in [-0.2, -0.15) is 0 Å². The van der Waals surface area contributed by atoms with Gasteiger partial charge in [0.2, 0.25) is 0 Å². The standard InChI is InChI=1S/C21H20N2O5/c1-14-5-4-8-23-19(24)11-16(22-21(14)23)13-28-20(25)7-6-15-9-17(26-2)12-18(10-15)27-3/h4-12H,13H2,1-3H3/b7-6+. The van der Waals surface area contributed by atoms with Crippen LogP contribution in [-0.2, 0) is 16.1 Å². The Morgan fingerprint density at radius 2 is 1.86 bits per heavy atom. The Kier molecular flexibility index (Phi) is 5.74. The van der Waals surface area contributed by atoms with E-state index in [9.17, 15) is 9.59 Å². The first-order valence-corrected chi connectivity index (χ1v) is 8.56. The summed E-state index contributed by atoms with van der Waals surface area (Å²) in [4.78, 5) is 28.6. The normalized spacial score (nSPS) is 11.0. The van der Waals surface area contributed by atoms with Crippen LogP contribution in [0.15, 0.2) is 53.5 Å². The minimum absolute atomic E-state index is 0.0926. The molecule has 0 amide bonds. The first kappa shape index (κ1) is 19.2. The number of carbonyl (C=O) groups excluding carboxylic acids is 1. The van der Waals surface area contributed by atoms with Gasteiger partial charge in [-0.25, -0.2) is 9.78 Å². The van der Waals surface area contributed by atoms with Crippen LogP contribution in [0, 0.1) is 6.92 Å². The number of carbonyl (C=O) groups is 1. The maximum Gasteiger partial charge on any atom is 0.331 e. The molecule has 0 unspecified atom stereocenters. The largest absolute Gasteiger partial charge is 0.497 e. The SMILES string of the molecule is COc1cc(/C=C/C(=O)OCc2cc(=O)n3cccc(C)c3n2)cc(OC)c1. The summed E-state index contributed by atoms with van der Waals surface area (Å²) in [6.07, 6.45) is 4.55. The molecule has 0 aliphatic rings. The Morgan fingerprint density at radius 3 is 2.54 bits per heavy atom. The van der Waals surface area contributed by atoms with Crippen LogP contribution in [-0.4, -0.2) is 29.6 Å². The molecular weight excluding hydrogens is 360 g/mol. The summed E-state index contributed by atoms with van der Waals surface area (Å²) in [6, 6.07) is 10.3. The third kappa shape index (κ3) is 4.37. The average Bonchev–Trinajstić information content (AvgIpc) is 2.71. The van der Waals surface area contributed by atoms with Gasteiger partial charge < -0.3 is 14.2 Å². The molecule has 1 aromatic carbocycles. The molecule has 0 radical (unpaired) electrons. The summed E-state index contributed by atoms with van der Waals surface area (Å²) in [7, 11) is 3.11. The molecule has 0 saturated heterocycles. The van der Waals surface area contributed by atoms with E-state index in [0.717, 1.165) is 11.1 Å². The predicted octanol–water partition coefficient (Wildman–Crippen LogP) is 2.78. The van der Waals surface area contributed by atoms with E-state index in [4.69, 9.17) is 14.2 Å². The molecule has 0 saturated carbocycles. The summed E-state index contributed by atoms with van der Waals surface area (Å²) >= 11 is 0. The summed E-state index contributed by atoms with van der Waals surface area (Å²) in [5, 5.41) is 0. The highest BCUT2D eigenvalue weighted by Gasteiger charge is 2.07. The Labute approximate surface area is 161 Å². The van der Waals surface area contributed by atoms with Crippen LogP contribution in [0.25, 0.3) is 11.7 Å². The lowest BCUT2D eigenvalue weighted by molar-refractivity contribution is -0.139. The van der Waals surface area contributed by atoms with E-state index in [1.54, 1.807) is 50.8 Å². The summed E-state index contributed by atoms with van der Waals surface area (Å²) < 4.78 is 17.1. The Balaban J connectivity index is 1.71. The molecule has 0 atom stereocenters. The second kappa shape index (κ2) is 8.39. The van der Waals surface area contributed by atoms with Crippen LogP contribution in [0.3, 0.4) is 0 Å². The van der Waals surface area contributed by atoms with Crippen LogP contribution in [0.2, 0.25) is 0 Å². The van der Waals surface area contributed by atoms with Crippen LogP contribution in [0.4, 0.5) is 0 Å². The van der Waals surface area contributed by atoms with Crippen LogP contribution in [0.5, 0.6) is 11.5 Å². The molecule has 28 heavy (non-hydrogen) atoms. The van der Waals surface area contributed by atoms with Gasteiger partial charge in [-0.05, 0) is 42.3 Å². The molecule has 2 heterocycles. The number of pyridine rings is 1. The van der Waals surface area contributed by atoms with E-state index in [0.29, 0.717) is 22.8 Å². The third-order valence-electron chi connectivity index (χ3n) is 4.09. The van der Waals surface area contributed by atoms with Crippen molar-refractivity contribution in [2.45, 2.75) is 13.5 Å². The highest BCUT2D eigenvalue weighted by atomic mass is 16.5. The predicted molar refractivity (Wildman–Crippen MR) is 105 cm³/mol. The fraction of sp³-hybridized carbons (Fsp3) is 0.190. The molecule has 0 fully saturated rings. The molecular formula is C21H20N2O5. The van der Waals surface area contributed by atoms with E-state index in [-0.39, 0.29) is 12.2 Å². The molecule has 0 N–H and O–H groups in total. The lowest BCUT2D eigenvalue weighted by atomic mass is 10.2. The fourth-order valence-corrected chi connectivity index (χ4v) is 2.67. The van der Waals surface area contributed by atoms with Crippen molar-refractivity contribution in [3.63, 3.8) is 0 Å². The van der Waals surface area contributed by atoms with Crippen LogP contribution < -0.4 is 15.0 Å². The van der Waals surface area contributed by atoms with Crippen molar-refractivity contribution in [2.24, 2.45) is 0 Å². The van der Waals surface area contributed by atoms with Crippen molar-refractivity contribution in [3.05, 3.63) is 75.8 Å². The summed E-state index contributed by atoms with van der Waals surface area (Å²) in [5.41, 5.74) is 2.30. The molecule has 2 aromatic heterocycles. The molecule has 3 aromatic rings. The molecule has 3 rings (SSSR count). The lowest BCUT2D eigenvalue weighted by Gasteiger charge is -2.07. The summed E-state index contributed by atoms with van der Waals surface area (Å²) in [5.74, 6) is 0.681. The van der Waals surface area contributed by atoms with Crippen LogP contribution >= 0.6 is 0 Å². The number of esters is 1. The second-order valence-corrected chi connectivity index (χ2v) is 6.06. The molecule has 7 nitrogen and oxygen atoms in total. The number of ether oxygens (including phenoxy) is 3. The first-order chi connectivity index (χ1) is 13.5. The van der Waals surface area contributed by atoms with Gasteiger partial charge >= 0.3 is 5.97 Å². The zero-order valence-electron chi connectivity index (χ0n) is 15.8. The van der Waals surface area contributed by atoms with Gasteiger partial charge in [-0.3, -0.25) is 9.20 Å². The van der Waals surface area contributed by atoms with Gasteiger partial charge in [-0.1, -0.05) is 6.07 Å². The Morgan fingerprint density at radius 1 is 1.14 bits per heavy atom. The number of nitrogens with zero attached hydrogens (tertiary/aromatic N) is 2. The highest BCUT2D eigenvalue weighted by molar-refractivity contribution is 5.87. The van der Waals surface area contributed by atoms with Crippen molar-refractivity contribution < 1.29 is 19.0 Å². The average molecular weight is 380 g/mol. The van der Waals surface area contributed by atoms with Crippen molar-refractivity contribution >= 4 is 17.7 Å². The van der Waals surface area contributed by atoms with Crippen molar-refractivity contribution in [1.82, 2.24) is 9.38 Å². The van der Waals surface area contributed by atoms with Crippen molar-refractivity contribution in [3.8, 4) is 11.5 Å². The Hall–Kier alpha value is -3.61. The van der Waals surface area contributed by atoms with Crippen molar-refractivity contribution in [2.75, 3.05) is 14.2 Å². The second-order valence-electron chi connectivity index (χ2n) is 6.06. The number of aryl methyl sites for hydroxylation is 1. The zero-order chi connectivity index (χ0) is 20.1. The van der Waals surface area contributed by atoms with E-state index in [1.165, 1.54) is 16.5 Å². The number of hydrogen-bond donors (Lipinski definition) is 0. The number of benzene rings is 1. The minimum atomic E-state index is -0.548. The van der Waals surface area contributed by atoms with Gasteiger partial charge in [0.1, 0.15) is 23.8 Å². The molecule has 0 aliphatic carbocycles. The number of fused-ring (bicyclic) bond motifs is 1. The lowest BCUT2D eigenvalue weighted by Crippen LogP contribution is -2.17. The fourth-order valence-electron chi connectivity index (χ4n) is 2.67. The van der Waals surface area contributed by atoms with Gasteiger partial charge in [0.05, 0.1) is 19.9 Å². The molecule has 7 heteroatoms. The first-order valence-electron chi connectivity index (χ1n) is 8.56. The number of aromatic nitrogens is 2. The quantitative estimate of drug-likeness (QED) is 0.483. The highest BCUT2D eigenvalue weighted by Crippen LogP contribution is 2.23. The van der Waals surface area contributed by atoms with E-state index in [2.05, 4.69) is 4.98 Å². The van der Waals surface area contributed by atoms with Gasteiger partial charge in [0.15, 0.2) is 0 Å². The smallest absolute Gasteiger partial charge is 0.331 e. The molecule has 0 spiro atoms. The number of rotatable bonds is 6. The van der Waals surface area contributed by atoms with E-state index >= 15 is 0 Å². The maximum atomic E-state index is 12.2. The monoisotopic (exact) mass is 380 g/mol. The van der Waals surface area contributed by atoms with E-state index in [1.807, 2.05) is 13.0 Å². The summed E-state index contributed by atoms with van der Waals surface area (Å²) in [6.45, 7) is 1.77. The molecule has 0 bridgehead atoms.